The number of carbonyl (C=O) groups excluding carboxylic acids is 2. The lowest BCUT2D eigenvalue weighted by atomic mass is 9.94. The maximum Gasteiger partial charge on any atom is 0.328 e. The first-order valence-corrected chi connectivity index (χ1v) is 9.28. The van der Waals surface area contributed by atoms with Crippen molar-refractivity contribution < 1.29 is 27.9 Å². The number of nitrogens with zero attached hydrogens (tertiary/aromatic N) is 2. The number of likely N-dealkylation sites (tertiary alicyclic amines) is 1. The van der Waals surface area contributed by atoms with E-state index in [1.807, 2.05) is 6.92 Å². The van der Waals surface area contributed by atoms with Crippen LogP contribution in [0.3, 0.4) is 0 Å². The number of carbonyl (C=O) groups is 3. The molecular weight excluding hydrogens is 324 g/mol. The van der Waals surface area contributed by atoms with Crippen molar-refractivity contribution in [3.8, 4) is 0 Å². The number of carboxylic acid groups (broad SMARTS) is 1. The van der Waals surface area contributed by atoms with Crippen molar-refractivity contribution in [3.05, 3.63) is 12.2 Å². The fourth-order valence-electron chi connectivity index (χ4n) is 3.52. The average molecular weight is 344 g/mol. The quantitative estimate of drug-likeness (QED) is 0.692. The number of fused-ring (bicyclic) bond motifs is 1. The van der Waals surface area contributed by atoms with Gasteiger partial charge in [-0.3, -0.25) is 9.59 Å². The van der Waals surface area contributed by atoms with Gasteiger partial charge in [0.2, 0.25) is 21.8 Å². The lowest BCUT2D eigenvalue weighted by molar-refractivity contribution is -0.133. The molecule has 2 fully saturated rings. The van der Waals surface area contributed by atoms with E-state index in [0.717, 1.165) is 22.7 Å². The Balaban J connectivity index is 2.34. The summed E-state index contributed by atoms with van der Waals surface area (Å²) in [6, 6.07) is -1.08. The van der Waals surface area contributed by atoms with Gasteiger partial charge in [0.05, 0.1) is 24.3 Å². The molecule has 3 atom stereocenters. The molecule has 8 nitrogen and oxygen atoms in total. The molecule has 0 aliphatic carbocycles. The molecule has 0 saturated carbocycles. The molecule has 2 heterocycles. The second kappa shape index (κ2) is 6.31. The SMILES string of the molecule is CCC[C@H]1C(=O)N(S(C)(=O)=O)[C@H]2CCN(C(=O)/C=C/C(=O)O)[C@H]12. The Bertz CT molecular complexity index is 656. The first-order valence-electron chi connectivity index (χ1n) is 7.43. The van der Waals surface area contributed by atoms with Gasteiger partial charge in [0.25, 0.3) is 0 Å². The van der Waals surface area contributed by atoms with E-state index in [0.29, 0.717) is 25.8 Å². The van der Waals surface area contributed by atoms with Gasteiger partial charge in [-0.05, 0) is 12.8 Å². The van der Waals surface area contributed by atoms with Gasteiger partial charge in [0, 0.05) is 18.7 Å². The summed E-state index contributed by atoms with van der Waals surface area (Å²) in [5, 5.41) is 8.62. The van der Waals surface area contributed by atoms with Crippen molar-refractivity contribution in [2.24, 2.45) is 5.92 Å². The Hall–Kier alpha value is -1.90. The average Bonchev–Trinajstić information content (AvgIpc) is 2.95. The molecule has 0 aromatic rings. The van der Waals surface area contributed by atoms with Crippen molar-refractivity contribution in [1.82, 2.24) is 9.21 Å². The summed E-state index contributed by atoms with van der Waals surface area (Å²) in [4.78, 5) is 36.7. The van der Waals surface area contributed by atoms with E-state index in [2.05, 4.69) is 0 Å². The number of aliphatic carboxylic acids is 1. The van der Waals surface area contributed by atoms with Crippen LogP contribution in [0.5, 0.6) is 0 Å². The fraction of sp³-hybridized carbons (Fsp3) is 0.643. The van der Waals surface area contributed by atoms with Crippen LogP contribution in [0.15, 0.2) is 12.2 Å². The molecule has 0 aromatic heterocycles. The molecular formula is C14H20N2O6S. The molecule has 0 bridgehead atoms. The van der Waals surface area contributed by atoms with Crippen LogP contribution in [-0.2, 0) is 24.4 Å². The molecule has 0 unspecified atom stereocenters. The summed E-state index contributed by atoms with van der Waals surface area (Å²) < 4.78 is 24.8. The van der Waals surface area contributed by atoms with Crippen LogP contribution in [0.4, 0.5) is 0 Å². The number of hydrogen-bond donors (Lipinski definition) is 1. The molecule has 128 valence electrons. The molecule has 2 aliphatic heterocycles. The minimum absolute atomic E-state index is 0.303. The number of amides is 2. The summed E-state index contributed by atoms with van der Waals surface area (Å²) in [6.45, 7) is 2.19. The third-order valence-corrected chi connectivity index (χ3v) is 5.44. The Morgan fingerprint density at radius 2 is 2.00 bits per heavy atom. The normalized spacial score (nSPS) is 27.7. The van der Waals surface area contributed by atoms with Gasteiger partial charge in [-0.25, -0.2) is 17.5 Å². The Morgan fingerprint density at radius 1 is 1.35 bits per heavy atom. The predicted octanol–water partition coefficient (Wildman–Crippen LogP) is -0.185. The van der Waals surface area contributed by atoms with Gasteiger partial charge in [-0.15, -0.1) is 0 Å². The van der Waals surface area contributed by atoms with E-state index in [-0.39, 0.29) is 0 Å². The second-order valence-corrected chi connectivity index (χ2v) is 7.70. The molecule has 0 radical (unpaired) electrons. The van der Waals surface area contributed by atoms with Crippen LogP contribution < -0.4 is 0 Å². The van der Waals surface area contributed by atoms with Crippen LogP contribution in [0.25, 0.3) is 0 Å². The van der Waals surface area contributed by atoms with Crippen molar-refractivity contribution >= 4 is 27.8 Å². The molecule has 1 N–H and O–H groups in total. The van der Waals surface area contributed by atoms with Gasteiger partial charge in [0.1, 0.15) is 0 Å². The minimum atomic E-state index is -3.70. The highest BCUT2D eigenvalue weighted by Gasteiger charge is 2.56. The summed E-state index contributed by atoms with van der Waals surface area (Å²) in [7, 11) is -3.70. The predicted molar refractivity (Wildman–Crippen MR) is 80.8 cm³/mol. The maximum absolute atomic E-state index is 12.5. The lowest BCUT2D eigenvalue weighted by Gasteiger charge is -2.26. The monoisotopic (exact) mass is 344 g/mol. The second-order valence-electron chi connectivity index (χ2n) is 5.84. The van der Waals surface area contributed by atoms with E-state index in [4.69, 9.17) is 5.11 Å². The van der Waals surface area contributed by atoms with Gasteiger partial charge in [-0.1, -0.05) is 13.3 Å². The van der Waals surface area contributed by atoms with Crippen molar-refractivity contribution in [2.75, 3.05) is 12.8 Å². The van der Waals surface area contributed by atoms with E-state index in [9.17, 15) is 22.8 Å². The number of sulfonamides is 1. The van der Waals surface area contributed by atoms with Crippen LogP contribution in [0.2, 0.25) is 0 Å². The van der Waals surface area contributed by atoms with Crippen LogP contribution in [0, 0.1) is 5.92 Å². The first kappa shape index (κ1) is 17.5. The van der Waals surface area contributed by atoms with Crippen LogP contribution in [-0.4, -0.2) is 65.4 Å². The maximum atomic E-state index is 12.5. The van der Waals surface area contributed by atoms with Crippen LogP contribution in [0.1, 0.15) is 26.2 Å². The first-order chi connectivity index (χ1) is 10.7. The Labute approximate surface area is 134 Å². The molecule has 2 aliphatic rings. The summed E-state index contributed by atoms with van der Waals surface area (Å²) in [6.07, 6.45) is 4.22. The highest BCUT2D eigenvalue weighted by Crippen LogP contribution is 2.40. The Kier molecular flexibility index (Phi) is 4.79. The largest absolute Gasteiger partial charge is 0.478 e. The zero-order chi connectivity index (χ0) is 17.4. The molecule has 0 aromatic carbocycles. The van der Waals surface area contributed by atoms with Crippen molar-refractivity contribution in [1.29, 1.82) is 0 Å². The molecule has 23 heavy (non-hydrogen) atoms. The summed E-state index contributed by atoms with van der Waals surface area (Å²) >= 11 is 0. The van der Waals surface area contributed by atoms with Crippen LogP contribution >= 0.6 is 0 Å². The fourth-order valence-corrected chi connectivity index (χ4v) is 4.71. The number of carboxylic acids is 1. The van der Waals surface area contributed by atoms with Gasteiger partial charge in [-0.2, -0.15) is 0 Å². The topological polar surface area (TPSA) is 112 Å². The summed E-state index contributed by atoms with van der Waals surface area (Å²) in [5.41, 5.74) is 0. The molecule has 2 saturated heterocycles. The number of hydrogen-bond acceptors (Lipinski definition) is 5. The molecule has 9 heteroatoms. The number of rotatable bonds is 5. The molecule has 2 rings (SSSR count). The van der Waals surface area contributed by atoms with Gasteiger partial charge >= 0.3 is 5.97 Å². The third kappa shape index (κ3) is 3.24. The van der Waals surface area contributed by atoms with E-state index in [1.54, 1.807) is 0 Å². The van der Waals surface area contributed by atoms with Crippen molar-refractivity contribution in [2.45, 2.75) is 38.3 Å². The molecule has 2 amide bonds. The zero-order valence-corrected chi connectivity index (χ0v) is 13.8. The van der Waals surface area contributed by atoms with E-state index >= 15 is 0 Å². The standard InChI is InChI=1S/C14H20N2O6S/c1-3-4-9-13-10(16(14(9)20)23(2,21)22)7-8-15(13)11(17)5-6-12(18)19/h5-6,9-10,13H,3-4,7-8H2,1-2H3,(H,18,19)/b6-5+/t9-,10+,13-/m1/s1. The smallest absolute Gasteiger partial charge is 0.328 e. The zero-order valence-electron chi connectivity index (χ0n) is 13.0. The van der Waals surface area contributed by atoms with E-state index < -0.39 is 45.8 Å². The highest BCUT2D eigenvalue weighted by atomic mass is 32.2. The highest BCUT2D eigenvalue weighted by molar-refractivity contribution is 7.88. The van der Waals surface area contributed by atoms with Gasteiger partial charge < -0.3 is 10.0 Å². The molecule has 0 spiro atoms. The Morgan fingerprint density at radius 3 is 2.52 bits per heavy atom. The van der Waals surface area contributed by atoms with Gasteiger partial charge in [0.15, 0.2) is 0 Å². The van der Waals surface area contributed by atoms with E-state index in [1.165, 1.54) is 4.90 Å². The summed E-state index contributed by atoms with van der Waals surface area (Å²) in [5.74, 6) is -2.78. The lowest BCUT2D eigenvalue weighted by Crippen LogP contribution is -2.42. The van der Waals surface area contributed by atoms with Crippen molar-refractivity contribution in [3.63, 3.8) is 0 Å². The minimum Gasteiger partial charge on any atom is -0.478 e. The third-order valence-electron chi connectivity index (χ3n) is 4.28.